The first-order valence-corrected chi connectivity index (χ1v) is 7.79. The van der Waals surface area contributed by atoms with Crippen LogP contribution >= 0.6 is 0 Å². The lowest BCUT2D eigenvalue weighted by Crippen LogP contribution is -2.07. The van der Waals surface area contributed by atoms with Crippen molar-refractivity contribution < 1.29 is 14.3 Å². The van der Waals surface area contributed by atoms with Crippen molar-refractivity contribution >= 4 is 23.6 Å². The van der Waals surface area contributed by atoms with Gasteiger partial charge in [0.1, 0.15) is 6.33 Å². The molecule has 0 bridgehead atoms. The topological polar surface area (TPSA) is 97.0 Å². The van der Waals surface area contributed by atoms with Gasteiger partial charge >= 0.3 is 5.97 Å². The molecule has 3 rings (SSSR count). The number of ether oxygens (including phenoxy) is 1. The molecule has 130 valence electrons. The summed E-state index contributed by atoms with van der Waals surface area (Å²) in [6.45, 7) is 0. The third kappa shape index (κ3) is 4.21. The number of H-pyrrole nitrogens is 1. The lowest BCUT2D eigenvalue weighted by atomic mass is 10.1. The van der Waals surface area contributed by atoms with Crippen LogP contribution in [0.1, 0.15) is 15.9 Å². The molecule has 0 unspecified atom stereocenters. The van der Waals surface area contributed by atoms with Gasteiger partial charge in [0.15, 0.2) is 5.82 Å². The first-order valence-electron chi connectivity index (χ1n) is 7.79. The van der Waals surface area contributed by atoms with Crippen LogP contribution in [0, 0.1) is 0 Å². The number of carbonyl (C=O) groups excluding carboxylic acids is 2. The SMILES string of the molecule is COC(=O)c1ccc(/C=C\C(=O)Nc2ccc(-c3ncn[nH]3)cc2)cc1. The summed E-state index contributed by atoms with van der Waals surface area (Å²) in [6.07, 6.45) is 4.53. The molecule has 1 heterocycles. The molecule has 0 aliphatic carbocycles. The second kappa shape index (κ2) is 7.89. The largest absolute Gasteiger partial charge is 0.465 e. The number of nitrogens with zero attached hydrogens (tertiary/aromatic N) is 2. The third-order valence-electron chi connectivity index (χ3n) is 3.60. The Hall–Kier alpha value is -3.74. The van der Waals surface area contributed by atoms with E-state index in [1.165, 1.54) is 19.5 Å². The highest BCUT2D eigenvalue weighted by Gasteiger charge is 2.04. The molecule has 3 aromatic rings. The lowest BCUT2D eigenvalue weighted by molar-refractivity contribution is -0.111. The Labute approximate surface area is 149 Å². The van der Waals surface area contributed by atoms with Crippen molar-refractivity contribution in [2.45, 2.75) is 0 Å². The van der Waals surface area contributed by atoms with Crippen molar-refractivity contribution in [3.63, 3.8) is 0 Å². The van der Waals surface area contributed by atoms with E-state index in [0.717, 1.165) is 11.1 Å². The minimum atomic E-state index is -0.396. The van der Waals surface area contributed by atoms with E-state index in [1.54, 1.807) is 42.5 Å². The number of hydrogen-bond acceptors (Lipinski definition) is 5. The molecule has 0 radical (unpaired) electrons. The summed E-state index contributed by atoms with van der Waals surface area (Å²) >= 11 is 0. The Morgan fingerprint density at radius 1 is 1.08 bits per heavy atom. The van der Waals surface area contributed by atoms with Crippen LogP contribution in [0.2, 0.25) is 0 Å². The van der Waals surface area contributed by atoms with E-state index in [4.69, 9.17) is 0 Å². The van der Waals surface area contributed by atoms with Crippen LogP contribution in [0.3, 0.4) is 0 Å². The van der Waals surface area contributed by atoms with E-state index in [0.29, 0.717) is 17.1 Å². The monoisotopic (exact) mass is 348 g/mol. The van der Waals surface area contributed by atoms with Gasteiger partial charge in [0, 0.05) is 17.3 Å². The van der Waals surface area contributed by atoms with Gasteiger partial charge in [0.25, 0.3) is 0 Å². The highest BCUT2D eigenvalue weighted by atomic mass is 16.5. The number of hydrogen-bond donors (Lipinski definition) is 2. The molecule has 0 saturated carbocycles. The summed E-state index contributed by atoms with van der Waals surface area (Å²) in [4.78, 5) is 27.5. The van der Waals surface area contributed by atoms with Crippen LogP contribution in [-0.4, -0.2) is 34.2 Å². The maximum Gasteiger partial charge on any atom is 0.337 e. The fourth-order valence-electron chi connectivity index (χ4n) is 2.26. The highest BCUT2D eigenvalue weighted by molar-refractivity contribution is 6.02. The number of carbonyl (C=O) groups is 2. The van der Waals surface area contributed by atoms with Gasteiger partial charge in [0.05, 0.1) is 12.7 Å². The van der Waals surface area contributed by atoms with Crippen LogP contribution in [0.5, 0.6) is 0 Å². The summed E-state index contributed by atoms with van der Waals surface area (Å²) in [7, 11) is 1.33. The number of rotatable bonds is 5. The van der Waals surface area contributed by atoms with Gasteiger partial charge in [-0.15, -0.1) is 0 Å². The van der Waals surface area contributed by atoms with Gasteiger partial charge in [-0.2, -0.15) is 5.10 Å². The predicted molar refractivity (Wildman–Crippen MR) is 97.3 cm³/mol. The van der Waals surface area contributed by atoms with Crippen LogP contribution in [0.25, 0.3) is 17.5 Å². The normalized spacial score (nSPS) is 10.7. The molecule has 0 saturated heterocycles. The molecule has 26 heavy (non-hydrogen) atoms. The number of methoxy groups -OCH3 is 1. The van der Waals surface area contributed by atoms with Crippen molar-refractivity contribution in [3.8, 4) is 11.4 Å². The van der Waals surface area contributed by atoms with E-state index in [1.807, 2.05) is 12.1 Å². The summed E-state index contributed by atoms with van der Waals surface area (Å²) in [5, 5.41) is 9.36. The average Bonchev–Trinajstić information content (AvgIpc) is 3.21. The van der Waals surface area contributed by atoms with E-state index in [9.17, 15) is 9.59 Å². The number of amides is 1. The summed E-state index contributed by atoms with van der Waals surface area (Å²) in [5.74, 6) is 0.0136. The summed E-state index contributed by atoms with van der Waals surface area (Å²) < 4.78 is 4.64. The molecule has 0 aliphatic rings. The molecule has 0 spiro atoms. The molecule has 0 atom stereocenters. The molecule has 0 aliphatic heterocycles. The fourth-order valence-corrected chi connectivity index (χ4v) is 2.26. The molecule has 7 heteroatoms. The molecule has 1 aromatic heterocycles. The van der Waals surface area contributed by atoms with Gasteiger partial charge in [-0.1, -0.05) is 12.1 Å². The number of aromatic amines is 1. The number of nitrogens with one attached hydrogen (secondary N) is 2. The molecular formula is C19H16N4O3. The first-order chi connectivity index (χ1) is 12.7. The van der Waals surface area contributed by atoms with E-state index < -0.39 is 5.97 Å². The van der Waals surface area contributed by atoms with Crippen LogP contribution in [0.4, 0.5) is 5.69 Å². The molecule has 2 aromatic carbocycles. The maximum atomic E-state index is 12.0. The minimum Gasteiger partial charge on any atom is -0.465 e. The number of esters is 1. The third-order valence-corrected chi connectivity index (χ3v) is 3.60. The minimum absolute atomic E-state index is 0.255. The molecule has 7 nitrogen and oxygen atoms in total. The van der Waals surface area contributed by atoms with E-state index in [-0.39, 0.29) is 5.91 Å². The molecule has 2 N–H and O–H groups in total. The summed E-state index contributed by atoms with van der Waals surface area (Å²) in [5.41, 5.74) is 2.81. The van der Waals surface area contributed by atoms with Crippen molar-refractivity contribution in [1.82, 2.24) is 15.2 Å². The van der Waals surface area contributed by atoms with Crippen molar-refractivity contribution in [1.29, 1.82) is 0 Å². The zero-order chi connectivity index (χ0) is 18.4. The smallest absolute Gasteiger partial charge is 0.337 e. The summed E-state index contributed by atoms with van der Waals surface area (Å²) in [6, 6.07) is 14.0. The molecule has 0 fully saturated rings. The Bertz CT molecular complexity index is 914. The second-order valence-electron chi connectivity index (χ2n) is 5.35. The first kappa shape index (κ1) is 17.1. The Kier molecular flexibility index (Phi) is 5.19. The van der Waals surface area contributed by atoms with Gasteiger partial charge in [-0.3, -0.25) is 9.89 Å². The molecule has 1 amide bonds. The quantitative estimate of drug-likeness (QED) is 0.546. The van der Waals surface area contributed by atoms with Gasteiger partial charge in [-0.25, -0.2) is 9.78 Å². The van der Waals surface area contributed by atoms with Gasteiger partial charge < -0.3 is 10.1 Å². The Morgan fingerprint density at radius 2 is 1.81 bits per heavy atom. The number of aromatic nitrogens is 3. The van der Waals surface area contributed by atoms with Crippen LogP contribution in [0.15, 0.2) is 60.9 Å². The second-order valence-corrected chi connectivity index (χ2v) is 5.35. The van der Waals surface area contributed by atoms with E-state index in [2.05, 4.69) is 25.2 Å². The zero-order valence-corrected chi connectivity index (χ0v) is 14.0. The number of benzene rings is 2. The molecular weight excluding hydrogens is 332 g/mol. The Morgan fingerprint density at radius 3 is 2.42 bits per heavy atom. The van der Waals surface area contributed by atoms with Crippen molar-refractivity contribution in [2.75, 3.05) is 12.4 Å². The van der Waals surface area contributed by atoms with E-state index >= 15 is 0 Å². The van der Waals surface area contributed by atoms with Crippen molar-refractivity contribution in [2.24, 2.45) is 0 Å². The van der Waals surface area contributed by atoms with Crippen LogP contribution < -0.4 is 5.32 Å². The Balaban J connectivity index is 1.59. The van der Waals surface area contributed by atoms with Crippen LogP contribution in [-0.2, 0) is 9.53 Å². The zero-order valence-electron chi connectivity index (χ0n) is 14.0. The lowest BCUT2D eigenvalue weighted by Gasteiger charge is -2.03. The maximum absolute atomic E-state index is 12.0. The van der Waals surface area contributed by atoms with Gasteiger partial charge in [-0.05, 0) is 48.0 Å². The van der Waals surface area contributed by atoms with Gasteiger partial charge in [0.2, 0.25) is 5.91 Å². The fraction of sp³-hybridized carbons (Fsp3) is 0.0526. The highest BCUT2D eigenvalue weighted by Crippen LogP contribution is 2.17. The number of anilines is 1. The standard InChI is InChI=1S/C19H16N4O3/c1-26-19(25)15-5-2-13(3-6-15)4-11-17(24)22-16-9-7-14(8-10-16)18-20-12-21-23-18/h2-12H,1H3,(H,22,24)(H,20,21,23)/b11-4-. The predicted octanol–water partition coefficient (Wildman–Crippen LogP) is 2.91. The average molecular weight is 348 g/mol. The van der Waals surface area contributed by atoms with Crippen molar-refractivity contribution in [3.05, 3.63) is 72.1 Å².